The van der Waals surface area contributed by atoms with Crippen molar-refractivity contribution < 1.29 is 28.7 Å². The quantitative estimate of drug-likeness (QED) is 0.396. The number of phenols is 1. The van der Waals surface area contributed by atoms with Crippen LogP contribution in [0.4, 0.5) is 14.9 Å². The van der Waals surface area contributed by atoms with Crippen molar-refractivity contribution in [2.45, 2.75) is 13.8 Å². The van der Waals surface area contributed by atoms with Gasteiger partial charge in [0.2, 0.25) is 11.7 Å². The van der Waals surface area contributed by atoms with Crippen LogP contribution >= 0.6 is 11.8 Å². The second kappa shape index (κ2) is 10.1. The minimum absolute atomic E-state index is 0.0534. The van der Waals surface area contributed by atoms with Gasteiger partial charge in [-0.1, -0.05) is 5.16 Å². The van der Waals surface area contributed by atoms with E-state index in [0.717, 1.165) is 17.8 Å². The second-order valence-corrected chi connectivity index (χ2v) is 7.08. The van der Waals surface area contributed by atoms with Crippen molar-refractivity contribution in [1.82, 2.24) is 10.1 Å². The van der Waals surface area contributed by atoms with Gasteiger partial charge in [0.1, 0.15) is 16.5 Å². The molecule has 32 heavy (non-hydrogen) atoms. The first kappa shape index (κ1) is 22.9. The van der Waals surface area contributed by atoms with E-state index >= 15 is 0 Å². The van der Waals surface area contributed by atoms with Crippen molar-refractivity contribution in [2.75, 3.05) is 12.9 Å². The van der Waals surface area contributed by atoms with Crippen LogP contribution in [0.1, 0.15) is 18.4 Å². The zero-order valence-corrected chi connectivity index (χ0v) is 18.2. The summed E-state index contributed by atoms with van der Waals surface area (Å²) in [6.07, 6.45) is 0.124. The van der Waals surface area contributed by atoms with Crippen molar-refractivity contribution in [3.8, 4) is 22.9 Å². The molecule has 0 aliphatic heterocycles. The molecule has 0 aliphatic carbocycles. The number of rotatable bonds is 6. The lowest BCUT2D eigenvalue weighted by Crippen LogP contribution is -2.16. The normalized spacial score (nSPS) is 12.1. The predicted molar refractivity (Wildman–Crippen MR) is 119 cm³/mol. The molecule has 3 aromatic rings. The van der Waals surface area contributed by atoms with Gasteiger partial charge < -0.3 is 19.5 Å². The monoisotopic (exact) mass is 458 g/mol. The number of hydrogen-bond acceptors (Lipinski definition) is 8. The maximum absolute atomic E-state index is 14.9. The number of aliphatic imine (C=N–C) groups is 2. The van der Waals surface area contributed by atoms with E-state index in [1.807, 2.05) is 0 Å². The molecule has 0 spiro atoms. The topological polar surface area (TPSA) is 130 Å². The van der Waals surface area contributed by atoms with Gasteiger partial charge in [-0.25, -0.2) is 14.2 Å². The number of benzene rings is 2. The molecule has 0 saturated heterocycles. The summed E-state index contributed by atoms with van der Waals surface area (Å²) in [5, 5.41) is 23.0. The molecule has 0 saturated carbocycles. The van der Waals surface area contributed by atoms with Crippen LogP contribution in [0.2, 0.25) is 0 Å². The highest BCUT2D eigenvalue weighted by Crippen LogP contribution is 2.30. The van der Waals surface area contributed by atoms with Gasteiger partial charge in [0, 0.05) is 24.1 Å². The van der Waals surface area contributed by atoms with Crippen LogP contribution in [0.3, 0.4) is 0 Å². The second-order valence-electron chi connectivity index (χ2n) is 6.28. The first-order chi connectivity index (χ1) is 15.3. The van der Waals surface area contributed by atoms with Gasteiger partial charge in [-0.15, -0.1) is 11.8 Å². The summed E-state index contributed by atoms with van der Waals surface area (Å²) >= 11 is 0.974. The van der Waals surface area contributed by atoms with Gasteiger partial charge in [0.25, 0.3) is 0 Å². The lowest BCUT2D eigenvalue weighted by atomic mass is 10.1. The smallest absolute Gasteiger partial charge is 0.432 e. The van der Waals surface area contributed by atoms with E-state index in [4.69, 9.17) is 14.4 Å². The largest absolute Gasteiger partial charge is 0.505 e. The first-order valence-electron chi connectivity index (χ1n) is 9.33. The third kappa shape index (κ3) is 5.30. The molecular weight excluding hydrogens is 439 g/mol. The van der Waals surface area contributed by atoms with Crippen LogP contribution in [-0.4, -0.2) is 50.1 Å². The summed E-state index contributed by atoms with van der Waals surface area (Å²) in [6, 6.07) is 9.11. The minimum Gasteiger partial charge on any atom is -0.505 e. The summed E-state index contributed by atoms with van der Waals surface area (Å²) in [4.78, 5) is 23.3. The average Bonchev–Trinajstić information content (AvgIpc) is 3.20. The SMILES string of the molecule is CCOc1cc(O)c(F)c(C(=Nc2ccc(-c3noc(C)n3)cc2)C(=NC(=O)O)SC)c1. The van der Waals surface area contributed by atoms with E-state index < -0.39 is 17.7 Å². The maximum atomic E-state index is 14.9. The molecule has 3 rings (SSSR count). The number of aromatic nitrogens is 2. The lowest BCUT2D eigenvalue weighted by Gasteiger charge is -2.12. The van der Waals surface area contributed by atoms with Crippen LogP contribution in [0.5, 0.6) is 11.5 Å². The summed E-state index contributed by atoms with van der Waals surface area (Å²) in [5.74, 6) is -0.609. The van der Waals surface area contributed by atoms with Crippen molar-refractivity contribution in [2.24, 2.45) is 9.98 Å². The highest BCUT2D eigenvalue weighted by atomic mass is 32.2. The molecule has 11 heteroatoms. The van der Waals surface area contributed by atoms with E-state index in [0.29, 0.717) is 23.0 Å². The van der Waals surface area contributed by atoms with Crippen molar-refractivity contribution in [3.05, 3.63) is 53.7 Å². The zero-order chi connectivity index (χ0) is 23.3. The number of thioether (sulfide) groups is 1. The molecule has 1 amide bonds. The number of phenolic OH excluding ortho intramolecular Hbond substituents is 1. The number of carbonyl (C=O) groups is 1. The fraction of sp³-hybridized carbons (Fsp3) is 0.190. The molecule has 0 bridgehead atoms. The van der Waals surface area contributed by atoms with E-state index in [1.165, 1.54) is 6.07 Å². The van der Waals surface area contributed by atoms with E-state index in [-0.39, 0.29) is 28.7 Å². The molecule has 1 aromatic heterocycles. The maximum Gasteiger partial charge on any atom is 0.432 e. The molecule has 0 aliphatic rings. The van der Waals surface area contributed by atoms with E-state index in [2.05, 4.69) is 20.1 Å². The Balaban J connectivity index is 2.14. The average molecular weight is 458 g/mol. The summed E-state index contributed by atoms with van der Waals surface area (Å²) in [5.41, 5.74) is 0.837. The van der Waals surface area contributed by atoms with Crippen molar-refractivity contribution in [1.29, 1.82) is 0 Å². The van der Waals surface area contributed by atoms with Crippen molar-refractivity contribution in [3.63, 3.8) is 0 Å². The summed E-state index contributed by atoms with van der Waals surface area (Å²) in [6.45, 7) is 3.70. The van der Waals surface area contributed by atoms with Gasteiger partial charge in [0.15, 0.2) is 11.6 Å². The van der Waals surface area contributed by atoms with Gasteiger partial charge in [0.05, 0.1) is 12.3 Å². The Labute approximate surface area is 186 Å². The number of ether oxygens (including phenoxy) is 1. The van der Waals surface area contributed by atoms with Crippen LogP contribution in [0, 0.1) is 12.7 Å². The Hall–Kier alpha value is -3.73. The Kier molecular flexibility index (Phi) is 7.21. The predicted octanol–water partition coefficient (Wildman–Crippen LogP) is 4.85. The highest BCUT2D eigenvalue weighted by Gasteiger charge is 2.21. The first-order valence-corrected chi connectivity index (χ1v) is 10.6. The van der Waals surface area contributed by atoms with Crippen LogP contribution in [0.15, 0.2) is 50.9 Å². The molecule has 0 unspecified atom stereocenters. The zero-order valence-electron chi connectivity index (χ0n) is 17.4. The number of halogens is 1. The molecule has 1 heterocycles. The molecular formula is C21H19FN4O5S. The third-order valence-electron chi connectivity index (χ3n) is 4.08. The fourth-order valence-electron chi connectivity index (χ4n) is 2.74. The Morgan fingerprint density at radius 3 is 2.56 bits per heavy atom. The number of aromatic hydroxyl groups is 1. The summed E-state index contributed by atoms with van der Waals surface area (Å²) < 4.78 is 25.2. The van der Waals surface area contributed by atoms with Crippen molar-refractivity contribution >= 4 is 34.3 Å². The van der Waals surface area contributed by atoms with Crippen LogP contribution in [0.25, 0.3) is 11.4 Å². The molecule has 166 valence electrons. The van der Waals surface area contributed by atoms with Gasteiger partial charge in [-0.2, -0.15) is 9.98 Å². The number of carboxylic acid groups (broad SMARTS) is 1. The van der Waals surface area contributed by atoms with E-state index in [9.17, 15) is 14.3 Å². The lowest BCUT2D eigenvalue weighted by molar-refractivity contribution is 0.206. The fourth-order valence-corrected chi connectivity index (χ4v) is 3.26. The Bertz CT molecular complexity index is 1190. The number of nitrogens with zero attached hydrogens (tertiary/aromatic N) is 4. The Morgan fingerprint density at radius 2 is 2.00 bits per heavy atom. The standard InChI is InChI=1S/C21H19FN4O5S/c1-4-30-14-9-15(17(22)16(27)10-14)18(20(32-3)25-21(28)29)24-13-7-5-12(6-8-13)19-23-11(2)31-26-19/h5-10,27H,4H2,1-3H3,(H,28,29). The molecule has 0 fully saturated rings. The minimum atomic E-state index is -1.46. The highest BCUT2D eigenvalue weighted by molar-refractivity contribution is 8.15. The number of amides is 1. The van der Waals surface area contributed by atoms with E-state index in [1.54, 1.807) is 44.4 Å². The number of hydrogen-bond donors (Lipinski definition) is 2. The molecule has 0 atom stereocenters. The summed E-state index contributed by atoms with van der Waals surface area (Å²) in [7, 11) is 0. The van der Waals surface area contributed by atoms with Gasteiger partial charge in [-0.3, -0.25) is 0 Å². The molecule has 2 N–H and O–H groups in total. The Morgan fingerprint density at radius 1 is 1.28 bits per heavy atom. The number of aryl methyl sites for hydroxylation is 1. The van der Waals surface area contributed by atoms with Crippen LogP contribution < -0.4 is 4.74 Å². The van der Waals surface area contributed by atoms with Gasteiger partial charge in [-0.05, 0) is 43.5 Å². The third-order valence-corrected chi connectivity index (χ3v) is 4.75. The van der Waals surface area contributed by atoms with Gasteiger partial charge >= 0.3 is 6.09 Å². The van der Waals surface area contributed by atoms with Crippen LogP contribution in [-0.2, 0) is 0 Å². The molecule has 9 nitrogen and oxygen atoms in total. The molecule has 2 aromatic carbocycles. The molecule has 0 radical (unpaired) electrons.